The summed E-state index contributed by atoms with van der Waals surface area (Å²) in [5.41, 5.74) is 0. The first-order chi connectivity index (χ1) is 14.9. The van der Waals surface area contributed by atoms with Gasteiger partial charge in [-0.05, 0) is 50.9 Å². The smallest absolute Gasteiger partial charge is 0.303 e. The van der Waals surface area contributed by atoms with E-state index in [-0.39, 0.29) is 24.4 Å². The summed E-state index contributed by atoms with van der Waals surface area (Å²) in [5.74, 6) is -0.615. The Kier molecular flexibility index (Phi) is 14.7. The fraction of sp³-hybridized carbons (Fsp3) is 0.692. The number of allylic oxidation sites excluding steroid dienone is 4. The molecule has 1 aliphatic carbocycles. The predicted molar refractivity (Wildman–Crippen MR) is 125 cm³/mol. The van der Waals surface area contributed by atoms with E-state index in [2.05, 4.69) is 19.1 Å². The number of unbranched alkanes of at least 4 members (excludes halogenated alkanes) is 3. The van der Waals surface area contributed by atoms with Crippen molar-refractivity contribution < 1.29 is 24.5 Å². The second-order valence-electron chi connectivity index (χ2n) is 8.59. The molecule has 5 heteroatoms. The summed E-state index contributed by atoms with van der Waals surface area (Å²) in [6, 6.07) is 0. The third-order valence-electron chi connectivity index (χ3n) is 5.87. The van der Waals surface area contributed by atoms with E-state index in [9.17, 15) is 14.7 Å². The molecule has 0 aromatic heterocycles. The van der Waals surface area contributed by atoms with E-state index in [4.69, 9.17) is 9.84 Å². The highest BCUT2D eigenvalue weighted by molar-refractivity contribution is 5.67. The summed E-state index contributed by atoms with van der Waals surface area (Å²) in [4.78, 5) is 22.4. The molecule has 4 atom stereocenters. The fourth-order valence-electron chi connectivity index (χ4n) is 4.26. The van der Waals surface area contributed by atoms with Gasteiger partial charge in [-0.25, -0.2) is 0 Å². The highest BCUT2D eigenvalue weighted by atomic mass is 16.5. The number of hydrogen-bond acceptors (Lipinski definition) is 4. The third kappa shape index (κ3) is 13.2. The van der Waals surface area contributed by atoms with Crippen molar-refractivity contribution in [2.45, 2.75) is 103 Å². The average molecular weight is 435 g/mol. The second kappa shape index (κ2) is 16.8. The highest BCUT2D eigenvalue weighted by Gasteiger charge is 2.32. The monoisotopic (exact) mass is 434 g/mol. The molecule has 0 amide bonds. The number of carboxylic acids is 1. The van der Waals surface area contributed by atoms with Gasteiger partial charge in [0, 0.05) is 19.3 Å². The Morgan fingerprint density at radius 2 is 1.87 bits per heavy atom. The van der Waals surface area contributed by atoms with Crippen LogP contribution in [0, 0.1) is 11.8 Å². The maximum atomic E-state index is 11.6. The molecule has 0 heterocycles. The molecule has 2 N–H and O–H groups in total. The molecule has 2 unspecified atom stereocenters. The van der Waals surface area contributed by atoms with Crippen LogP contribution < -0.4 is 0 Å². The lowest BCUT2D eigenvalue weighted by Gasteiger charge is -2.35. The minimum atomic E-state index is -0.818. The van der Waals surface area contributed by atoms with Crippen molar-refractivity contribution in [1.82, 2.24) is 0 Å². The van der Waals surface area contributed by atoms with E-state index < -0.39 is 12.1 Å². The number of rotatable bonds is 15. The molecular formula is C26H42O5. The molecule has 1 saturated carbocycles. The first kappa shape index (κ1) is 27.2. The minimum Gasteiger partial charge on any atom is -0.481 e. The van der Waals surface area contributed by atoms with E-state index in [1.54, 1.807) is 6.08 Å². The van der Waals surface area contributed by atoms with Crippen LogP contribution in [0.3, 0.4) is 0 Å². The van der Waals surface area contributed by atoms with Gasteiger partial charge < -0.3 is 14.9 Å². The molecule has 176 valence electrons. The standard InChI is InChI=1S/C26H42O5/c1-3-4-5-6-7-8-16-23(28)17-11-9-14-22-15-10-12-18-24(22)25(31-21(2)27)19-13-20-26(29)30/h7-9,11,14,17,22-25,28H,3-6,10,12-13,15-16,18-20H2,1-2H3,(H,29,30)/b8-7-,14-9+,17-11+/t22-,23?,24+,25?/m0/s1. The quantitative estimate of drug-likeness (QED) is 0.143. The molecular weight excluding hydrogens is 392 g/mol. The van der Waals surface area contributed by atoms with Crippen molar-refractivity contribution in [2.75, 3.05) is 0 Å². The van der Waals surface area contributed by atoms with Gasteiger partial charge in [0.25, 0.3) is 0 Å². The molecule has 0 aromatic rings. The predicted octanol–water partition coefficient (Wildman–Crippen LogP) is 5.98. The molecule has 0 aromatic carbocycles. The van der Waals surface area contributed by atoms with Crippen molar-refractivity contribution >= 4 is 11.9 Å². The van der Waals surface area contributed by atoms with Crippen LogP contribution in [0.1, 0.15) is 90.9 Å². The van der Waals surface area contributed by atoms with E-state index in [1.165, 1.54) is 26.2 Å². The number of aliphatic hydroxyl groups is 1. The maximum Gasteiger partial charge on any atom is 0.303 e. The Balaban J connectivity index is 2.57. The number of carbonyl (C=O) groups excluding carboxylic acids is 1. The Bertz CT molecular complexity index is 593. The Morgan fingerprint density at radius 3 is 2.58 bits per heavy atom. The lowest BCUT2D eigenvalue weighted by Crippen LogP contribution is -2.33. The van der Waals surface area contributed by atoms with Crippen LogP contribution in [0.2, 0.25) is 0 Å². The number of carboxylic acid groups (broad SMARTS) is 1. The molecule has 0 radical (unpaired) electrons. The van der Waals surface area contributed by atoms with Crippen LogP contribution in [-0.2, 0) is 14.3 Å². The normalized spacial score (nSPS) is 21.6. The number of aliphatic carboxylic acids is 1. The zero-order valence-corrected chi connectivity index (χ0v) is 19.4. The first-order valence-electron chi connectivity index (χ1n) is 12.0. The van der Waals surface area contributed by atoms with Crippen molar-refractivity contribution in [3.05, 3.63) is 36.5 Å². The van der Waals surface area contributed by atoms with Crippen molar-refractivity contribution in [3.8, 4) is 0 Å². The first-order valence-corrected chi connectivity index (χ1v) is 12.0. The Labute approximate surface area is 188 Å². The van der Waals surface area contributed by atoms with E-state index in [1.807, 2.05) is 18.2 Å². The minimum absolute atomic E-state index is 0.0959. The van der Waals surface area contributed by atoms with Gasteiger partial charge in [-0.2, -0.15) is 0 Å². The fourth-order valence-corrected chi connectivity index (χ4v) is 4.26. The van der Waals surface area contributed by atoms with Gasteiger partial charge in [0.1, 0.15) is 6.10 Å². The lowest BCUT2D eigenvalue weighted by atomic mass is 9.75. The number of carbonyl (C=O) groups is 2. The number of hydrogen-bond donors (Lipinski definition) is 2. The summed E-state index contributed by atoms with van der Waals surface area (Å²) in [7, 11) is 0. The summed E-state index contributed by atoms with van der Waals surface area (Å²) < 4.78 is 5.59. The second-order valence-corrected chi connectivity index (χ2v) is 8.59. The number of aliphatic hydroxyl groups excluding tert-OH is 1. The Morgan fingerprint density at radius 1 is 1.10 bits per heavy atom. The lowest BCUT2D eigenvalue weighted by molar-refractivity contribution is -0.151. The van der Waals surface area contributed by atoms with Gasteiger partial charge in [0.05, 0.1) is 6.10 Å². The summed E-state index contributed by atoms with van der Waals surface area (Å²) >= 11 is 0. The molecule has 0 saturated heterocycles. The van der Waals surface area contributed by atoms with Crippen LogP contribution in [0.4, 0.5) is 0 Å². The zero-order chi connectivity index (χ0) is 22.9. The van der Waals surface area contributed by atoms with Crippen LogP contribution in [0.25, 0.3) is 0 Å². The molecule has 0 bridgehead atoms. The van der Waals surface area contributed by atoms with Gasteiger partial charge in [-0.15, -0.1) is 0 Å². The molecule has 1 fully saturated rings. The molecule has 1 aliphatic rings. The summed E-state index contributed by atoms with van der Waals surface area (Å²) in [6.07, 6.45) is 22.1. The van der Waals surface area contributed by atoms with E-state index in [0.717, 1.165) is 32.1 Å². The van der Waals surface area contributed by atoms with E-state index >= 15 is 0 Å². The van der Waals surface area contributed by atoms with Gasteiger partial charge >= 0.3 is 11.9 Å². The number of ether oxygens (including phenoxy) is 1. The molecule has 1 rings (SSSR count). The van der Waals surface area contributed by atoms with Crippen LogP contribution in [-0.4, -0.2) is 34.4 Å². The van der Waals surface area contributed by atoms with Gasteiger partial charge in [-0.1, -0.05) is 69.1 Å². The maximum absolute atomic E-state index is 11.6. The summed E-state index contributed by atoms with van der Waals surface area (Å²) in [6.45, 7) is 3.61. The largest absolute Gasteiger partial charge is 0.481 e. The van der Waals surface area contributed by atoms with E-state index in [0.29, 0.717) is 25.2 Å². The molecule has 0 spiro atoms. The van der Waals surface area contributed by atoms with Gasteiger partial charge in [0.2, 0.25) is 0 Å². The van der Waals surface area contributed by atoms with Crippen molar-refractivity contribution in [1.29, 1.82) is 0 Å². The number of esters is 1. The zero-order valence-electron chi connectivity index (χ0n) is 19.4. The summed E-state index contributed by atoms with van der Waals surface area (Å²) in [5, 5.41) is 19.0. The molecule has 0 aliphatic heterocycles. The van der Waals surface area contributed by atoms with Crippen LogP contribution in [0.5, 0.6) is 0 Å². The average Bonchev–Trinajstić information content (AvgIpc) is 2.73. The third-order valence-corrected chi connectivity index (χ3v) is 5.87. The van der Waals surface area contributed by atoms with Gasteiger partial charge in [0.15, 0.2) is 0 Å². The van der Waals surface area contributed by atoms with Crippen LogP contribution >= 0.6 is 0 Å². The van der Waals surface area contributed by atoms with Crippen molar-refractivity contribution in [2.24, 2.45) is 11.8 Å². The molecule has 5 nitrogen and oxygen atoms in total. The van der Waals surface area contributed by atoms with Gasteiger partial charge in [-0.3, -0.25) is 9.59 Å². The highest BCUT2D eigenvalue weighted by Crippen LogP contribution is 2.36. The van der Waals surface area contributed by atoms with Crippen LogP contribution in [0.15, 0.2) is 36.5 Å². The Hall–Kier alpha value is -1.88. The SMILES string of the molecule is CCCCC/C=C\CC(O)/C=C/C=C/[C@H]1CCCC[C@H]1C(CCCC(=O)O)OC(C)=O. The molecule has 31 heavy (non-hydrogen) atoms. The van der Waals surface area contributed by atoms with Crippen molar-refractivity contribution in [3.63, 3.8) is 0 Å². The topological polar surface area (TPSA) is 83.8 Å².